The van der Waals surface area contributed by atoms with Crippen LogP contribution < -0.4 is 0 Å². The molecule has 0 saturated heterocycles. The second-order valence-electron chi connectivity index (χ2n) is 3.30. The maximum absolute atomic E-state index is 12.9. The van der Waals surface area contributed by atoms with E-state index in [1.165, 1.54) is 42.6 Å². The number of rotatable bonds is 4. The summed E-state index contributed by atoms with van der Waals surface area (Å²) >= 11 is 1.29. The minimum absolute atomic E-state index is 0.0696. The molecular weight excluding hydrogens is 239 g/mol. The Morgan fingerprint density at radius 2 is 2.06 bits per heavy atom. The first-order chi connectivity index (χ1) is 8.25. The fourth-order valence-electron chi connectivity index (χ4n) is 1.23. The number of halogens is 1. The van der Waals surface area contributed by atoms with Gasteiger partial charge in [-0.2, -0.15) is 0 Å². The lowest BCUT2D eigenvalue weighted by atomic mass is 10.2. The van der Waals surface area contributed by atoms with Crippen LogP contribution in [-0.4, -0.2) is 21.5 Å². The third kappa shape index (κ3) is 3.35. The number of Topliss-reactive ketones (excluding diaryl/α,β-unsaturated/α-hetero) is 1. The van der Waals surface area contributed by atoms with Crippen molar-refractivity contribution in [1.29, 1.82) is 0 Å². The van der Waals surface area contributed by atoms with E-state index in [2.05, 4.69) is 9.97 Å². The topological polar surface area (TPSA) is 42.9 Å². The van der Waals surface area contributed by atoms with Gasteiger partial charge in [-0.05, 0) is 18.2 Å². The molecule has 1 aromatic carbocycles. The van der Waals surface area contributed by atoms with Crippen LogP contribution in [0.5, 0.6) is 0 Å². The quantitative estimate of drug-likeness (QED) is 0.616. The average Bonchev–Trinajstić information content (AvgIpc) is 2.37. The highest BCUT2D eigenvalue weighted by Gasteiger charge is 2.07. The maximum Gasteiger partial charge on any atom is 0.176 e. The molecular formula is C12H9FN2OS. The first-order valence-corrected chi connectivity index (χ1v) is 5.91. The van der Waals surface area contributed by atoms with E-state index in [1.54, 1.807) is 12.1 Å². The molecule has 0 aliphatic carbocycles. The zero-order valence-electron chi connectivity index (χ0n) is 8.84. The Labute approximate surface area is 102 Å². The van der Waals surface area contributed by atoms with Crippen LogP contribution in [0.4, 0.5) is 4.39 Å². The van der Waals surface area contributed by atoms with Gasteiger partial charge in [-0.1, -0.05) is 6.07 Å². The maximum atomic E-state index is 12.9. The van der Waals surface area contributed by atoms with Gasteiger partial charge in [-0.15, -0.1) is 11.8 Å². The van der Waals surface area contributed by atoms with Crippen molar-refractivity contribution >= 4 is 17.5 Å². The molecule has 0 radical (unpaired) electrons. The lowest BCUT2D eigenvalue weighted by molar-refractivity contribution is 0.102. The monoisotopic (exact) mass is 248 g/mol. The molecule has 0 N–H and O–H groups in total. The second-order valence-corrected chi connectivity index (χ2v) is 4.35. The molecule has 0 aliphatic rings. The highest BCUT2D eigenvalue weighted by atomic mass is 32.2. The molecule has 3 nitrogen and oxygen atoms in total. The number of benzene rings is 1. The highest BCUT2D eigenvalue weighted by Crippen LogP contribution is 2.19. The summed E-state index contributed by atoms with van der Waals surface area (Å²) in [4.78, 5) is 20.0. The van der Waals surface area contributed by atoms with Gasteiger partial charge in [-0.25, -0.2) is 14.4 Å². The van der Waals surface area contributed by atoms with Crippen molar-refractivity contribution in [2.75, 3.05) is 5.75 Å². The van der Waals surface area contributed by atoms with Gasteiger partial charge in [0.05, 0.1) is 11.3 Å². The van der Waals surface area contributed by atoms with Crippen LogP contribution in [0.1, 0.15) is 10.4 Å². The number of hydrogen-bond acceptors (Lipinski definition) is 4. The van der Waals surface area contributed by atoms with Crippen molar-refractivity contribution < 1.29 is 9.18 Å². The molecule has 0 spiro atoms. The van der Waals surface area contributed by atoms with E-state index < -0.39 is 0 Å². The molecule has 0 unspecified atom stereocenters. The summed E-state index contributed by atoms with van der Waals surface area (Å²) in [6, 6.07) is 6.16. The van der Waals surface area contributed by atoms with Crippen molar-refractivity contribution in [1.82, 2.24) is 9.97 Å². The Kier molecular flexibility index (Phi) is 3.82. The third-order valence-electron chi connectivity index (χ3n) is 2.05. The summed E-state index contributed by atoms with van der Waals surface area (Å²) in [7, 11) is 0. The molecule has 17 heavy (non-hydrogen) atoms. The van der Waals surface area contributed by atoms with Crippen molar-refractivity contribution in [2.24, 2.45) is 0 Å². The molecule has 0 aliphatic heterocycles. The van der Waals surface area contributed by atoms with Crippen LogP contribution in [0, 0.1) is 5.82 Å². The third-order valence-corrected chi connectivity index (χ3v) is 3.04. The lowest BCUT2D eigenvalue weighted by Crippen LogP contribution is -2.03. The minimum atomic E-state index is -0.300. The van der Waals surface area contributed by atoms with Crippen molar-refractivity contribution in [3.63, 3.8) is 0 Å². The van der Waals surface area contributed by atoms with Crippen molar-refractivity contribution in [2.45, 2.75) is 4.90 Å². The molecule has 2 aromatic rings. The Morgan fingerprint density at radius 1 is 1.29 bits per heavy atom. The Bertz CT molecular complexity index is 519. The smallest absolute Gasteiger partial charge is 0.176 e. The van der Waals surface area contributed by atoms with Gasteiger partial charge in [0.25, 0.3) is 0 Å². The van der Waals surface area contributed by atoms with Crippen molar-refractivity contribution in [3.8, 4) is 0 Å². The first kappa shape index (κ1) is 11.7. The van der Waals surface area contributed by atoms with E-state index in [0.29, 0.717) is 5.56 Å². The van der Waals surface area contributed by atoms with E-state index in [4.69, 9.17) is 0 Å². The van der Waals surface area contributed by atoms with Crippen LogP contribution in [0.15, 0.2) is 47.9 Å². The number of nitrogens with zero attached hydrogens (tertiary/aromatic N) is 2. The van der Waals surface area contributed by atoms with Gasteiger partial charge in [0.15, 0.2) is 5.78 Å². The van der Waals surface area contributed by atoms with Gasteiger partial charge >= 0.3 is 0 Å². The number of thioether (sulfide) groups is 1. The molecule has 0 bridgehead atoms. The molecule has 1 heterocycles. The van der Waals surface area contributed by atoms with E-state index in [9.17, 15) is 9.18 Å². The van der Waals surface area contributed by atoms with Gasteiger partial charge in [0, 0.05) is 17.3 Å². The molecule has 0 saturated carbocycles. The minimum Gasteiger partial charge on any atom is -0.293 e. The standard InChI is InChI=1S/C12H9FN2OS/c13-10-2-1-3-11(4-10)17-7-12(16)9-5-14-8-15-6-9/h1-6,8H,7H2. The van der Waals surface area contributed by atoms with E-state index in [1.807, 2.05) is 0 Å². The summed E-state index contributed by atoms with van der Waals surface area (Å²) in [5, 5.41) is 0. The summed E-state index contributed by atoms with van der Waals surface area (Å²) in [5.41, 5.74) is 0.469. The zero-order chi connectivity index (χ0) is 12.1. The van der Waals surface area contributed by atoms with Gasteiger partial charge < -0.3 is 0 Å². The van der Waals surface area contributed by atoms with Crippen LogP contribution in [0.2, 0.25) is 0 Å². The molecule has 5 heteroatoms. The van der Waals surface area contributed by atoms with Gasteiger partial charge in [0.1, 0.15) is 12.1 Å². The summed E-state index contributed by atoms with van der Waals surface area (Å²) in [6.07, 6.45) is 4.32. The Balaban J connectivity index is 1.97. The number of carbonyl (C=O) groups is 1. The fraction of sp³-hybridized carbons (Fsp3) is 0.0833. The molecule has 0 fully saturated rings. The van der Waals surface area contributed by atoms with E-state index in [-0.39, 0.29) is 17.4 Å². The van der Waals surface area contributed by atoms with Crippen molar-refractivity contribution in [3.05, 3.63) is 54.4 Å². The molecule has 2 rings (SSSR count). The van der Waals surface area contributed by atoms with Gasteiger partial charge in [-0.3, -0.25) is 4.79 Å². The number of carbonyl (C=O) groups excluding carboxylic acids is 1. The second kappa shape index (κ2) is 5.54. The molecule has 0 atom stereocenters. The molecule has 86 valence electrons. The normalized spacial score (nSPS) is 10.2. The predicted octanol–water partition coefficient (Wildman–Crippen LogP) is 2.59. The van der Waals surface area contributed by atoms with Gasteiger partial charge in [0.2, 0.25) is 0 Å². The summed E-state index contributed by atoms with van der Waals surface area (Å²) < 4.78 is 12.9. The summed E-state index contributed by atoms with van der Waals surface area (Å²) in [5.74, 6) is -0.123. The largest absolute Gasteiger partial charge is 0.293 e. The number of hydrogen-bond donors (Lipinski definition) is 0. The SMILES string of the molecule is O=C(CSc1cccc(F)c1)c1cncnc1. The van der Waals surface area contributed by atoms with E-state index in [0.717, 1.165) is 4.90 Å². The first-order valence-electron chi connectivity index (χ1n) is 4.92. The fourth-order valence-corrected chi connectivity index (χ4v) is 2.07. The van der Waals surface area contributed by atoms with Crippen LogP contribution in [0.3, 0.4) is 0 Å². The Hall–Kier alpha value is -1.75. The van der Waals surface area contributed by atoms with E-state index >= 15 is 0 Å². The Morgan fingerprint density at radius 3 is 2.76 bits per heavy atom. The number of ketones is 1. The molecule has 0 amide bonds. The van der Waals surface area contributed by atoms with Crippen LogP contribution in [-0.2, 0) is 0 Å². The predicted molar refractivity (Wildman–Crippen MR) is 63.5 cm³/mol. The molecule has 1 aromatic heterocycles. The zero-order valence-corrected chi connectivity index (χ0v) is 9.65. The van der Waals surface area contributed by atoms with Crippen LogP contribution in [0.25, 0.3) is 0 Å². The van der Waals surface area contributed by atoms with Crippen LogP contribution >= 0.6 is 11.8 Å². The number of aromatic nitrogens is 2. The highest BCUT2D eigenvalue weighted by molar-refractivity contribution is 8.00. The lowest BCUT2D eigenvalue weighted by Gasteiger charge is -2.01. The average molecular weight is 248 g/mol. The summed E-state index contributed by atoms with van der Waals surface area (Å²) in [6.45, 7) is 0.